The third-order valence-electron chi connectivity index (χ3n) is 5.88. The molecule has 198 valence electrons. The molecule has 0 saturated heterocycles. The molecule has 0 spiro atoms. The van der Waals surface area contributed by atoms with Gasteiger partial charge in [0.2, 0.25) is 5.91 Å². The van der Waals surface area contributed by atoms with Crippen molar-refractivity contribution in [3.63, 3.8) is 0 Å². The summed E-state index contributed by atoms with van der Waals surface area (Å²) in [6.07, 6.45) is 0.625. The standard InChI is InChI=1S/C28H33ClN2O5S/c1-20-5-11-24(37-20)18-30(14-13-21-6-12-25(35-3)26(17-21)36-4)27(32)19-31(15-16-34-2)28(33)22-7-9-23(29)10-8-22/h5-12,17H,13-16,18-19H2,1-4H3. The minimum atomic E-state index is -0.242. The quantitative estimate of drug-likeness (QED) is 0.300. The molecule has 0 saturated carbocycles. The summed E-state index contributed by atoms with van der Waals surface area (Å²) < 4.78 is 16.0. The molecule has 0 N–H and O–H groups in total. The molecule has 0 bridgehead atoms. The lowest BCUT2D eigenvalue weighted by Gasteiger charge is -2.28. The van der Waals surface area contributed by atoms with E-state index >= 15 is 0 Å². The molecule has 2 aromatic carbocycles. The van der Waals surface area contributed by atoms with Crippen LogP contribution in [-0.2, 0) is 22.5 Å². The fourth-order valence-corrected chi connectivity index (χ4v) is 4.87. The lowest BCUT2D eigenvalue weighted by Crippen LogP contribution is -2.44. The summed E-state index contributed by atoms with van der Waals surface area (Å²) in [5.41, 5.74) is 1.49. The molecule has 1 aromatic heterocycles. The summed E-state index contributed by atoms with van der Waals surface area (Å²) in [6, 6.07) is 16.5. The zero-order chi connectivity index (χ0) is 26.8. The highest BCUT2D eigenvalue weighted by atomic mass is 35.5. The largest absolute Gasteiger partial charge is 0.493 e. The van der Waals surface area contributed by atoms with Crippen LogP contribution in [0.4, 0.5) is 0 Å². The van der Waals surface area contributed by atoms with Gasteiger partial charge in [0.25, 0.3) is 5.91 Å². The molecule has 9 heteroatoms. The van der Waals surface area contributed by atoms with E-state index in [1.165, 1.54) is 9.78 Å². The Morgan fingerprint density at radius 3 is 2.24 bits per heavy atom. The number of nitrogens with zero attached hydrogens (tertiary/aromatic N) is 2. The van der Waals surface area contributed by atoms with Gasteiger partial charge in [0.05, 0.1) is 27.4 Å². The van der Waals surface area contributed by atoms with Crippen LogP contribution >= 0.6 is 22.9 Å². The Hall–Kier alpha value is -3.07. The van der Waals surface area contributed by atoms with Crippen molar-refractivity contribution in [2.75, 3.05) is 47.6 Å². The van der Waals surface area contributed by atoms with Crippen molar-refractivity contribution in [2.24, 2.45) is 0 Å². The molecule has 0 atom stereocenters. The highest BCUT2D eigenvalue weighted by molar-refractivity contribution is 7.11. The molecular weight excluding hydrogens is 512 g/mol. The number of rotatable bonds is 13. The first-order valence-corrected chi connectivity index (χ1v) is 13.1. The van der Waals surface area contributed by atoms with Gasteiger partial charge in [-0.1, -0.05) is 17.7 Å². The molecule has 7 nitrogen and oxygen atoms in total. The Bertz CT molecular complexity index is 1180. The minimum absolute atomic E-state index is 0.0545. The molecule has 0 aliphatic rings. The number of carbonyl (C=O) groups is 2. The lowest BCUT2D eigenvalue weighted by molar-refractivity contribution is -0.132. The van der Waals surface area contributed by atoms with Crippen molar-refractivity contribution in [3.05, 3.63) is 80.5 Å². The number of benzene rings is 2. The van der Waals surface area contributed by atoms with Crippen LogP contribution in [0.1, 0.15) is 25.7 Å². The maximum atomic E-state index is 13.6. The first-order chi connectivity index (χ1) is 17.8. The normalized spacial score (nSPS) is 10.7. The van der Waals surface area contributed by atoms with E-state index < -0.39 is 0 Å². The van der Waals surface area contributed by atoms with E-state index in [1.54, 1.807) is 61.8 Å². The Morgan fingerprint density at radius 2 is 1.62 bits per heavy atom. The van der Waals surface area contributed by atoms with Gasteiger partial charge in [0, 0.05) is 40.5 Å². The number of carbonyl (C=O) groups excluding carboxylic acids is 2. The molecule has 0 aliphatic heterocycles. The van der Waals surface area contributed by atoms with Crippen LogP contribution in [0.3, 0.4) is 0 Å². The molecule has 0 unspecified atom stereocenters. The number of amides is 2. The fraction of sp³-hybridized carbons (Fsp3) is 0.357. The summed E-state index contributed by atoms with van der Waals surface area (Å²) in [6.45, 7) is 3.56. The van der Waals surface area contributed by atoms with Gasteiger partial charge in [0.15, 0.2) is 11.5 Å². The molecule has 37 heavy (non-hydrogen) atoms. The Kier molecular flexibility index (Phi) is 10.8. The topological polar surface area (TPSA) is 68.3 Å². The van der Waals surface area contributed by atoms with Crippen molar-refractivity contribution in [1.29, 1.82) is 0 Å². The molecule has 3 rings (SSSR count). The number of hydrogen-bond donors (Lipinski definition) is 0. The van der Waals surface area contributed by atoms with Crippen LogP contribution in [0.2, 0.25) is 5.02 Å². The van der Waals surface area contributed by atoms with Crippen LogP contribution in [0.25, 0.3) is 0 Å². The summed E-state index contributed by atoms with van der Waals surface area (Å²) in [7, 11) is 4.77. The lowest BCUT2D eigenvalue weighted by atomic mass is 10.1. The van der Waals surface area contributed by atoms with Crippen molar-refractivity contribution in [3.8, 4) is 11.5 Å². The average Bonchev–Trinajstić information content (AvgIpc) is 3.32. The van der Waals surface area contributed by atoms with Crippen LogP contribution < -0.4 is 9.47 Å². The predicted octanol–water partition coefficient (Wildman–Crippen LogP) is 5.09. The van der Waals surface area contributed by atoms with Gasteiger partial charge in [-0.15, -0.1) is 11.3 Å². The fourth-order valence-electron chi connectivity index (χ4n) is 3.84. The second-order valence-corrected chi connectivity index (χ2v) is 10.3. The van der Waals surface area contributed by atoms with Crippen LogP contribution in [0, 0.1) is 6.92 Å². The Morgan fingerprint density at radius 1 is 0.892 bits per heavy atom. The van der Waals surface area contributed by atoms with Gasteiger partial charge in [-0.2, -0.15) is 0 Å². The monoisotopic (exact) mass is 544 g/mol. The SMILES string of the molecule is COCCN(CC(=O)N(CCc1ccc(OC)c(OC)c1)Cc1ccc(C)s1)C(=O)c1ccc(Cl)cc1. The molecular formula is C28H33ClN2O5S. The third kappa shape index (κ3) is 8.21. The van der Waals surface area contributed by atoms with E-state index in [1.807, 2.05) is 37.3 Å². The first kappa shape index (κ1) is 28.5. The zero-order valence-corrected chi connectivity index (χ0v) is 23.2. The number of methoxy groups -OCH3 is 3. The van der Waals surface area contributed by atoms with Gasteiger partial charge in [-0.05, 0) is 67.4 Å². The maximum Gasteiger partial charge on any atom is 0.254 e. The average molecular weight is 545 g/mol. The third-order valence-corrected chi connectivity index (χ3v) is 7.12. The van der Waals surface area contributed by atoms with Gasteiger partial charge in [-0.3, -0.25) is 9.59 Å². The zero-order valence-electron chi connectivity index (χ0n) is 21.7. The van der Waals surface area contributed by atoms with E-state index in [0.717, 1.165) is 10.4 Å². The van der Waals surface area contributed by atoms with E-state index in [9.17, 15) is 9.59 Å². The second kappa shape index (κ2) is 14.0. The summed E-state index contributed by atoms with van der Waals surface area (Å²) in [4.78, 5) is 32.4. The van der Waals surface area contributed by atoms with Crippen molar-refractivity contribution in [1.82, 2.24) is 9.80 Å². The number of halogens is 1. The minimum Gasteiger partial charge on any atom is -0.493 e. The second-order valence-electron chi connectivity index (χ2n) is 8.49. The van der Waals surface area contributed by atoms with Crippen molar-refractivity contribution >= 4 is 34.8 Å². The summed E-state index contributed by atoms with van der Waals surface area (Å²) >= 11 is 7.65. The van der Waals surface area contributed by atoms with Gasteiger partial charge < -0.3 is 24.0 Å². The van der Waals surface area contributed by atoms with Gasteiger partial charge >= 0.3 is 0 Å². The molecule has 1 heterocycles. The highest BCUT2D eigenvalue weighted by Crippen LogP contribution is 2.28. The number of thiophene rings is 1. The highest BCUT2D eigenvalue weighted by Gasteiger charge is 2.23. The van der Waals surface area contributed by atoms with Crippen LogP contribution in [-0.4, -0.2) is 69.2 Å². The van der Waals surface area contributed by atoms with E-state index in [4.69, 9.17) is 25.8 Å². The van der Waals surface area contributed by atoms with Gasteiger partial charge in [0.1, 0.15) is 6.54 Å². The Labute approximate surface area is 227 Å². The maximum absolute atomic E-state index is 13.6. The van der Waals surface area contributed by atoms with Crippen molar-refractivity contribution in [2.45, 2.75) is 19.9 Å². The number of aryl methyl sites for hydroxylation is 1. The van der Waals surface area contributed by atoms with E-state index in [2.05, 4.69) is 0 Å². The Balaban J connectivity index is 1.78. The smallest absolute Gasteiger partial charge is 0.254 e. The predicted molar refractivity (Wildman–Crippen MR) is 147 cm³/mol. The molecule has 0 aliphatic carbocycles. The number of ether oxygens (including phenoxy) is 3. The summed E-state index contributed by atoms with van der Waals surface area (Å²) in [5, 5.41) is 0.545. The van der Waals surface area contributed by atoms with E-state index in [-0.39, 0.29) is 18.4 Å². The van der Waals surface area contributed by atoms with Crippen LogP contribution in [0.15, 0.2) is 54.6 Å². The molecule has 3 aromatic rings. The first-order valence-electron chi connectivity index (χ1n) is 11.9. The molecule has 2 amide bonds. The summed E-state index contributed by atoms with van der Waals surface area (Å²) in [5.74, 6) is 0.924. The van der Waals surface area contributed by atoms with Crippen molar-refractivity contribution < 1.29 is 23.8 Å². The molecule has 0 fully saturated rings. The number of hydrogen-bond acceptors (Lipinski definition) is 6. The van der Waals surface area contributed by atoms with Crippen LogP contribution in [0.5, 0.6) is 11.5 Å². The van der Waals surface area contributed by atoms with Gasteiger partial charge in [-0.25, -0.2) is 0 Å². The van der Waals surface area contributed by atoms with E-state index in [0.29, 0.717) is 54.7 Å². The molecule has 0 radical (unpaired) electrons.